The molecule has 1 amide bonds. The zero-order chi connectivity index (χ0) is 15.2. The van der Waals surface area contributed by atoms with E-state index < -0.39 is 6.10 Å². The molecule has 1 aliphatic rings. The SMILES string of the molecule is CCN1CCC(NC(=O)C(C)Oc2ccc(F)cc2)CC1. The lowest BCUT2D eigenvalue weighted by Crippen LogP contribution is -2.48. The van der Waals surface area contributed by atoms with Crippen molar-refractivity contribution in [3.8, 4) is 5.75 Å². The van der Waals surface area contributed by atoms with Crippen molar-refractivity contribution in [2.24, 2.45) is 0 Å². The van der Waals surface area contributed by atoms with E-state index in [1.807, 2.05) is 0 Å². The highest BCUT2D eigenvalue weighted by atomic mass is 19.1. The summed E-state index contributed by atoms with van der Waals surface area (Å²) < 4.78 is 18.3. The van der Waals surface area contributed by atoms with Crippen LogP contribution >= 0.6 is 0 Å². The van der Waals surface area contributed by atoms with Gasteiger partial charge in [-0.15, -0.1) is 0 Å². The van der Waals surface area contributed by atoms with Crippen LogP contribution in [-0.2, 0) is 4.79 Å². The van der Waals surface area contributed by atoms with E-state index in [0.717, 1.165) is 32.5 Å². The summed E-state index contributed by atoms with van der Waals surface area (Å²) in [5.74, 6) is 0.0660. The van der Waals surface area contributed by atoms with Gasteiger partial charge in [-0.3, -0.25) is 4.79 Å². The number of rotatable bonds is 5. The van der Waals surface area contributed by atoms with Crippen LogP contribution in [-0.4, -0.2) is 42.6 Å². The standard InChI is InChI=1S/C16H23FN2O2/c1-3-19-10-8-14(9-11-19)18-16(20)12(2)21-15-6-4-13(17)5-7-15/h4-7,12,14H,3,8-11H2,1-2H3,(H,18,20). The third kappa shape index (κ3) is 4.70. The van der Waals surface area contributed by atoms with E-state index in [9.17, 15) is 9.18 Å². The van der Waals surface area contributed by atoms with Gasteiger partial charge in [-0.2, -0.15) is 0 Å². The highest BCUT2D eigenvalue weighted by molar-refractivity contribution is 5.81. The van der Waals surface area contributed by atoms with Gasteiger partial charge in [0.05, 0.1) is 0 Å². The number of carbonyl (C=O) groups excluding carboxylic acids is 1. The Bertz CT molecular complexity index is 456. The highest BCUT2D eigenvalue weighted by Crippen LogP contribution is 2.14. The molecule has 1 heterocycles. The second kappa shape index (κ2) is 7.41. The second-order valence-electron chi connectivity index (χ2n) is 5.43. The van der Waals surface area contributed by atoms with Crippen molar-refractivity contribution in [2.45, 2.75) is 38.8 Å². The summed E-state index contributed by atoms with van der Waals surface area (Å²) in [4.78, 5) is 14.5. The lowest BCUT2D eigenvalue weighted by molar-refractivity contribution is -0.128. The highest BCUT2D eigenvalue weighted by Gasteiger charge is 2.22. The van der Waals surface area contributed by atoms with Crippen molar-refractivity contribution in [3.63, 3.8) is 0 Å². The first-order valence-corrected chi connectivity index (χ1v) is 7.53. The number of likely N-dealkylation sites (tertiary alicyclic amines) is 1. The van der Waals surface area contributed by atoms with Gasteiger partial charge in [-0.25, -0.2) is 4.39 Å². The molecule has 1 unspecified atom stereocenters. The molecule has 0 spiro atoms. The Hall–Kier alpha value is -1.62. The number of halogens is 1. The summed E-state index contributed by atoms with van der Waals surface area (Å²) in [6, 6.07) is 5.91. The Balaban J connectivity index is 1.78. The molecule has 116 valence electrons. The molecule has 4 nitrogen and oxygen atoms in total. The van der Waals surface area contributed by atoms with Gasteiger partial charge in [0.15, 0.2) is 6.10 Å². The van der Waals surface area contributed by atoms with Crippen LogP contribution in [0.5, 0.6) is 5.75 Å². The molecule has 0 aliphatic carbocycles. The maximum absolute atomic E-state index is 12.8. The van der Waals surface area contributed by atoms with Gasteiger partial charge in [0.1, 0.15) is 11.6 Å². The van der Waals surface area contributed by atoms with Crippen LogP contribution in [0.2, 0.25) is 0 Å². The van der Waals surface area contributed by atoms with Crippen molar-refractivity contribution in [2.75, 3.05) is 19.6 Å². The Morgan fingerprint density at radius 2 is 2.00 bits per heavy atom. The van der Waals surface area contributed by atoms with Gasteiger partial charge in [0.2, 0.25) is 0 Å². The normalized spacial score (nSPS) is 18.2. The average molecular weight is 294 g/mol. The molecular weight excluding hydrogens is 271 g/mol. The fraction of sp³-hybridized carbons (Fsp3) is 0.562. The van der Waals surface area contributed by atoms with Crippen LogP contribution in [0, 0.1) is 5.82 Å². The third-order valence-corrected chi connectivity index (χ3v) is 3.88. The predicted molar refractivity (Wildman–Crippen MR) is 79.8 cm³/mol. The Morgan fingerprint density at radius 3 is 2.57 bits per heavy atom. The smallest absolute Gasteiger partial charge is 0.260 e. The largest absolute Gasteiger partial charge is 0.481 e. The van der Waals surface area contributed by atoms with Gasteiger partial charge < -0.3 is 15.0 Å². The van der Waals surface area contributed by atoms with E-state index in [4.69, 9.17) is 4.74 Å². The first-order chi connectivity index (χ1) is 10.1. The number of amides is 1. The second-order valence-corrected chi connectivity index (χ2v) is 5.43. The molecule has 1 N–H and O–H groups in total. The zero-order valence-electron chi connectivity index (χ0n) is 12.6. The first-order valence-electron chi connectivity index (χ1n) is 7.53. The van der Waals surface area contributed by atoms with E-state index in [0.29, 0.717) is 5.75 Å². The van der Waals surface area contributed by atoms with Crippen LogP contribution in [0.25, 0.3) is 0 Å². The third-order valence-electron chi connectivity index (χ3n) is 3.88. The lowest BCUT2D eigenvalue weighted by atomic mass is 10.0. The van der Waals surface area contributed by atoms with Crippen LogP contribution < -0.4 is 10.1 Å². The number of hydrogen-bond donors (Lipinski definition) is 1. The van der Waals surface area contributed by atoms with Gasteiger partial charge in [-0.1, -0.05) is 6.92 Å². The summed E-state index contributed by atoms with van der Waals surface area (Å²) in [5, 5.41) is 3.03. The number of ether oxygens (including phenoxy) is 1. The monoisotopic (exact) mass is 294 g/mol. The quantitative estimate of drug-likeness (QED) is 0.905. The summed E-state index contributed by atoms with van der Waals surface area (Å²) >= 11 is 0. The fourth-order valence-electron chi connectivity index (χ4n) is 2.48. The number of nitrogens with one attached hydrogen (secondary N) is 1. The van der Waals surface area contributed by atoms with Crippen LogP contribution in [0.1, 0.15) is 26.7 Å². The van der Waals surface area contributed by atoms with Gasteiger partial charge in [0, 0.05) is 19.1 Å². The average Bonchev–Trinajstić information content (AvgIpc) is 2.50. The Morgan fingerprint density at radius 1 is 1.38 bits per heavy atom. The molecule has 1 atom stereocenters. The maximum atomic E-state index is 12.8. The van der Waals surface area contributed by atoms with E-state index >= 15 is 0 Å². The van der Waals surface area contributed by atoms with Crippen LogP contribution in [0.3, 0.4) is 0 Å². The van der Waals surface area contributed by atoms with Crippen molar-refractivity contribution >= 4 is 5.91 Å². The molecule has 0 saturated carbocycles. The molecule has 1 saturated heterocycles. The Labute approximate surface area is 125 Å². The molecule has 1 aromatic rings. The topological polar surface area (TPSA) is 41.6 Å². The fourth-order valence-corrected chi connectivity index (χ4v) is 2.48. The summed E-state index contributed by atoms with van der Waals surface area (Å²) in [5.41, 5.74) is 0. The number of hydrogen-bond acceptors (Lipinski definition) is 3. The van der Waals surface area contributed by atoms with Crippen molar-refractivity contribution < 1.29 is 13.9 Å². The van der Waals surface area contributed by atoms with Crippen molar-refractivity contribution in [1.82, 2.24) is 10.2 Å². The molecule has 21 heavy (non-hydrogen) atoms. The maximum Gasteiger partial charge on any atom is 0.260 e. The summed E-state index contributed by atoms with van der Waals surface area (Å²) in [6.07, 6.45) is 1.37. The summed E-state index contributed by atoms with van der Waals surface area (Å²) in [7, 11) is 0. The van der Waals surface area contributed by atoms with Gasteiger partial charge in [-0.05, 0) is 50.6 Å². The summed E-state index contributed by atoms with van der Waals surface area (Å²) in [6.45, 7) is 6.96. The number of benzene rings is 1. The molecule has 0 bridgehead atoms. The molecule has 1 aliphatic heterocycles. The van der Waals surface area contributed by atoms with Crippen LogP contribution in [0.15, 0.2) is 24.3 Å². The number of carbonyl (C=O) groups is 1. The van der Waals surface area contributed by atoms with Gasteiger partial charge in [0.25, 0.3) is 5.91 Å². The van der Waals surface area contributed by atoms with Crippen LogP contribution in [0.4, 0.5) is 4.39 Å². The van der Waals surface area contributed by atoms with Crippen molar-refractivity contribution in [3.05, 3.63) is 30.1 Å². The Kier molecular flexibility index (Phi) is 5.56. The van der Waals surface area contributed by atoms with E-state index in [1.165, 1.54) is 24.3 Å². The molecule has 5 heteroatoms. The molecule has 0 radical (unpaired) electrons. The van der Waals surface area contributed by atoms with E-state index in [2.05, 4.69) is 17.1 Å². The first kappa shape index (κ1) is 15.8. The number of piperidine rings is 1. The zero-order valence-corrected chi connectivity index (χ0v) is 12.6. The minimum absolute atomic E-state index is 0.116. The minimum Gasteiger partial charge on any atom is -0.481 e. The molecule has 0 aromatic heterocycles. The molecular formula is C16H23FN2O2. The number of nitrogens with zero attached hydrogens (tertiary/aromatic N) is 1. The molecule has 1 aromatic carbocycles. The minimum atomic E-state index is -0.584. The van der Waals surface area contributed by atoms with E-state index in [-0.39, 0.29) is 17.8 Å². The van der Waals surface area contributed by atoms with E-state index in [1.54, 1.807) is 6.92 Å². The lowest BCUT2D eigenvalue weighted by Gasteiger charge is -2.32. The molecule has 2 rings (SSSR count). The predicted octanol–water partition coefficient (Wildman–Crippen LogP) is 2.19. The van der Waals surface area contributed by atoms with Gasteiger partial charge >= 0.3 is 0 Å². The molecule has 1 fully saturated rings. The van der Waals surface area contributed by atoms with Crippen molar-refractivity contribution in [1.29, 1.82) is 0 Å².